The Morgan fingerprint density at radius 3 is 3.06 bits per heavy atom. The van der Waals surface area contributed by atoms with Crippen LogP contribution in [-0.4, -0.2) is 16.5 Å². The molecule has 0 aliphatic carbocycles. The first-order chi connectivity index (χ1) is 7.65. The minimum atomic E-state index is -0.500. The summed E-state index contributed by atoms with van der Waals surface area (Å²) in [5, 5.41) is 13.7. The number of hydrogen-bond donors (Lipinski definition) is 0. The molecule has 7 nitrogen and oxygen atoms in total. The molecule has 0 aliphatic heterocycles. The first-order valence-corrected chi connectivity index (χ1v) is 4.26. The van der Waals surface area contributed by atoms with Crippen molar-refractivity contribution in [2.45, 2.75) is 6.92 Å². The SMILES string of the molecule is Cc1cc(C#CCN=[N+]=[N-])ncc1[N+](=O)[O-]. The van der Waals surface area contributed by atoms with E-state index in [4.69, 9.17) is 5.53 Å². The van der Waals surface area contributed by atoms with Crippen LogP contribution in [0.2, 0.25) is 0 Å². The van der Waals surface area contributed by atoms with E-state index in [1.54, 1.807) is 6.92 Å². The molecule has 0 unspecified atom stereocenters. The van der Waals surface area contributed by atoms with Crippen molar-refractivity contribution in [2.24, 2.45) is 5.11 Å². The molecule has 0 amide bonds. The maximum Gasteiger partial charge on any atom is 0.290 e. The Kier molecular flexibility index (Phi) is 3.83. The van der Waals surface area contributed by atoms with Crippen LogP contribution in [0.3, 0.4) is 0 Å². The molecule has 0 fully saturated rings. The van der Waals surface area contributed by atoms with Crippen molar-refractivity contribution in [1.82, 2.24) is 4.98 Å². The minimum Gasteiger partial charge on any atom is -0.258 e. The summed E-state index contributed by atoms with van der Waals surface area (Å²) < 4.78 is 0. The Bertz CT molecular complexity index is 522. The van der Waals surface area contributed by atoms with Gasteiger partial charge in [0, 0.05) is 10.5 Å². The molecule has 0 spiro atoms. The molecule has 0 atom stereocenters. The van der Waals surface area contributed by atoms with E-state index in [0.29, 0.717) is 11.3 Å². The van der Waals surface area contributed by atoms with Crippen molar-refractivity contribution in [3.05, 3.63) is 44.1 Å². The molecule has 0 saturated heterocycles. The number of nitro groups is 1. The molecule has 16 heavy (non-hydrogen) atoms. The second-order valence-electron chi connectivity index (χ2n) is 2.80. The third-order valence-corrected chi connectivity index (χ3v) is 1.71. The van der Waals surface area contributed by atoms with Crippen molar-refractivity contribution in [3.63, 3.8) is 0 Å². The summed E-state index contributed by atoms with van der Waals surface area (Å²) in [4.78, 5) is 16.3. The lowest BCUT2D eigenvalue weighted by atomic mass is 10.2. The van der Waals surface area contributed by atoms with E-state index in [0.717, 1.165) is 6.20 Å². The van der Waals surface area contributed by atoms with Crippen LogP contribution >= 0.6 is 0 Å². The van der Waals surface area contributed by atoms with E-state index in [9.17, 15) is 10.1 Å². The van der Waals surface area contributed by atoms with Gasteiger partial charge in [0.2, 0.25) is 0 Å². The van der Waals surface area contributed by atoms with E-state index in [2.05, 4.69) is 26.9 Å². The van der Waals surface area contributed by atoms with Gasteiger partial charge in [0.25, 0.3) is 5.69 Å². The molecule has 7 heteroatoms. The van der Waals surface area contributed by atoms with Crippen LogP contribution in [0.15, 0.2) is 17.4 Å². The fourth-order valence-corrected chi connectivity index (χ4v) is 1.01. The smallest absolute Gasteiger partial charge is 0.258 e. The summed E-state index contributed by atoms with van der Waals surface area (Å²) in [7, 11) is 0. The summed E-state index contributed by atoms with van der Waals surface area (Å²) >= 11 is 0. The van der Waals surface area contributed by atoms with Crippen molar-refractivity contribution in [1.29, 1.82) is 0 Å². The molecule has 0 aliphatic rings. The van der Waals surface area contributed by atoms with E-state index < -0.39 is 4.92 Å². The normalized spacial score (nSPS) is 8.56. The number of aromatic nitrogens is 1. The Balaban J connectivity index is 2.92. The zero-order valence-corrected chi connectivity index (χ0v) is 8.41. The molecule has 0 aromatic carbocycles. The molecule has 1 aromatic rings. The molecule has 0 N–H and O–H groups in total. The van der Waals surface area contributed by atoms with E-state index in [1.165, 1.54) is 6.07 Å². The minimum absolute atomic E-state index is 0.0411. The Morgan fingerprint density at radius 2 is 2.50 bits per heavy atom. The lowest BCUT2D eigenvalue weighted by molar-refractivity contribution is -0.385. The standard InChI is InChI=1S/C9H7N5O2/c1-7-5-8(3-2-4-12-13-10)11-6-9(7)14(15)16/h5-6H,4H2,1H3. The van der Waals surface area contributed by atoms with Gasteiger partial charge in [-0.1, -0.05) is 11.0 Å². The van der Waals surface area contributed by atoms with Gasteiger partial charge in [-0.05, 0) is 24.4 Å². The average Bonchev–Trinajstić information content (AvgIpc) is 2.24. The van der Waals surface area contributed by atoms with E-state index in [1.807, 2.05) is 0 Å². The lowest BCUT2D eigenvalue weighted by Crippen LogP contribution is -1.94. The molecule has 1 rings (SSSR count). The average molecular weight is 217 g/mol. The van der Waals surface area contributed by atoms with Gasteiger partial charge in [0.05, 0.1) is 11.5 Å². The van der Waals surface area contributed by atoms with Gasteiger partial charge in [-0.25, -0.2) is 4.98 Å². The van der Waals surface area contributed by atoms with Crippen LogP contribution in [0, 0.1) is 28.9 Å². The zero-order valence-electron chi connectivity index (χ0n) is 8.41. The fraction of sp³-hybridized carbons (Fsp3) is 0.222. The van der Waals surface area contributed by atoms with Gasteiger partial charge in [-0.3, -0.25) is 10.1 Å². The van der Waals surface area contributed by atoms with Crippen molar-refractivity contribution in [3.8, 4) is 11.8 Å². The number of nitrogens with zero attached hydrogens (tertiary/aromatic N) is 5. The van der Waals surface area contributed by atoms with Crippen molar-refractivity contribution >= 4 is 5.69 Å². The van der Waals surface area contributed by atoms with E-state index >= 15 is 0 Å². The number of azide groups is 1. The van der Waals surface area contributed by atoms with Crippen molar-refractivity contribution in [2.75, 3.05) is 6.54 Å². The van der Waals surface area contributed by atoms with Gasteiger partial charge >= 0.3 is 0 Å². The highest BCUT2D eigenvalue weighted by atomic mass is 16.6. The number of aryl methyl sites for hydroxylation is 1. The summed E-state index contributed by atoms with van der Waals surface area (Å²) in [6.07, 6.45) is 1.16. The molecule has 80 valence electrons. The fourth-order valence-electron chi connectivity index (χ4n) is 1.01. The predicted molar refractivity (Wildman–Crippen MR) is 56.5 cm³/mol. The third-order valence-electron chi connectivity index (χ3n) is 1.71. The Labute approximate surface area is 90.9 Å². The highest BCUT2D eigenvalue weighted by Crippen LogP contribution is 2.15. The monoisotopic (exact) mass is 217 g/mol. The number of rotatable bonds is 2. The van der Waals surface area contributed by atoms with Crippen molar-refractivity contribution < 1.29 is 4.92 Å². The zero-order chi connectivity index (χ0) is 12.0. The van der Waals surface area contributed by atoms with Crippen LogP contribution < -0.4 is 0 Å². The number of hydrogen-bond acceptors (Lipinski definition) is 4. The Morgan fingerprint density at radius 1 is 1.75 bits per heavy atom. The quantitative estimate of drug-likeness (QED) is 0.189. The maximum absolute atomic E-state index is 10.5. The second-order valence-corrected chi connectivity index (χ2v) is 2.80. The van der Waals surface area contributed by atoms with Gasteiger partial charge in [-0.15, -0.1) is 0 Å². The van der Waals surface area contributed by atoms with Gasteiger partial charge in [0.1, 0.15) is 11.9 Å². The van der Waals surface area contributed by atoms with Crippen LogP contribution in [0.25, 0.3) is 10.4 Å². The maximum atomic E-state index is 10.5. The van der Waals surface area contributed by atoms with Crippen LogP contribution in [0.5, 0.6) is 0 Å². The van der Waals surface area contributed by atoms with Gasteiger partial charge in [-0.2, -0.15) is 0 Å². The van der Waals surface area contributed by atoms with Gasteiger partial charge < -0.3 is 0 Å². The van der Waals surface area contributed by atoms with Crippen LogP contribution in [0.1, 0.15) is 11.3 Å². The van der Waals surface area contributed by atoms with Crippen LogP contribution in [0.4, 0.5) is 5.69 Å². The molecular weight excluding hydrogens is 210 g/mol. The first-order valence-electron chi connectivity index (χ1n) is 4.26. The highest BCUT2D eigenvalue weighted by molar-refractivity contribution is 5.41. The topological polar surface area (TPSA) is 105 Å². The van der Waals surface area contributed by atoms with Gasteiger partial charge in [0.15, 0.2) is 0 Å². The molecule has 0 bridgehead atoms. The first kappa shape index (κ1) is 11.5. The Hall–Kier alpha value is -2.58. The number of pyridine rings is 1. The summed E-state index contributed by atoms with van der Waals surface area (Å²) in [6, 6.07) is 1.52. The third kappa shape index (κ3) is 2.97. The molecule has 0 saturated carbocycles. The summed E-state index contributed by atoms with van der Waals surface area (Å²) in [5.41, 5.74) is 8.87. The predicted octanol–water partition coefficient (Wildman–Crippen LogP) is 1.96. The second kappa shape index (κ2) is 5.34. The van der Waals surface area contributed by atoms with E-state index in [-0.39, 0.29) is 12.2 Å². The largest absolute Gasteiger partial charge is 0.290 e. The molecular formula is C9H7N5O2. The molecule has 1 aromatic heterocycles. The van der Waals surface area contributed by atoms with Crippen LogP contribution in [-0.2, 0) is 0 Å². The molecule has 0 radical (unpaired) electrons. The summed E-state index contributed by atoms with van der Waals surface area (Å²) in [6.45, 7) is 1.66. The lowest BCUT2D eigenvalue weighted by Gasteiger charge is -1.95. The summed E-state index contributed by atoms with van der Waals surface area (Å²) in [5.74, 6) is 5.21. The molecule has 1 heterocycles. The highest BCUT2D eigenvalue weighted by Gasteiger charge is 2.10.